The van der Waals surface area contributed by atoms with Crippen LogP contribution in [-0.4, -0.2) is 24.2 Å². The van der Waals surface area contributed by atoms with Crippen molar-refractivity contribution in [1.29, 1.82) is 0 Å². The van der Waals surface area contributed by atoms with Crippen LogP contribution in [0, 0.1) is 12.8 Å². The van der Waals surface area contributed by atoms with Crippen LogP contribution in [0.15, 0.2) is 24.3 Å². The maximum absolute atomic E-state index is 10.7. The fourth-order valence-corrected chi connectivity index (χ4v) is 2.16. The number of rotatable bonds is 3. The van der Waals surface area contributed by atoms with E-state index < -0.39 is 5.97 Å². The lowest BCUT2D eigenvalue weighted by molar-refractivity contribution is -0.145. The summed E-state index contributed by atoms with van der Waals surface area (Å²) in [7, 11) is 2.04. The van der Waals surface area contributed by atoms with Gasteiger partial charge in [-0.15, -0.1) is 0 Å². The van der Waals surface area contributed by atoms with E-state index in [1.807, 2.05) is 13.1 Å². The zero-order valence-corrected chi connectivity index (χ0v) is 9.68. The second-order valence-corrected chi connectivity index (χ2v) is 4.61. The molecular weight excluding hydrogens is 202 g/mol. The van der Waals surface area contributed by atoms with Crippen LogP contribution in [-0.2, 0) is 4.79 Å². The fraction of sp³-hybridized carbons (Fsp3) is 0.462. The van der Waals surface area contributed by atoms with Crippen molar-refractivity contribution in [3.05, 3.63) is 29.8 Å². The van der Waals surface area contributed by atoms with Gasteiger partial charge >= 0.3 is 5.97 Å². The number of anilines is 1. The zero-order chi connectivity index (χ0) is 11.7. The molecule has 0 aromatic heterocycles. The molecule has 0 radical (unpaired) electrons. The van der Waals surface area contributed by atoms with Crippen LogP contribution < -0.4 is 4.90 Å². The van der Waals surface area contributed by atoms with Crippen LogP contribution in [0.1, 0.15) is 18.4 Å². The van der Waals surface area contributed by atoms with Gasteiger partial charge in [-0.25, -0.2) is 0 Å². The predicted octanol–water partition coefficient (Wildman–Crippen LogP) is 2.29. The number of carboxylic acids is 1. The Morgan fingerprint density at radius 3 is 2.69 bits per heavy atom. The van der Waals surface area contributed by atoms with Gasteiger partial charge in [-0.3, -0.25) is 4.79 Å². The maximum Gasteiger partial charge on any atom is 0.306 e. The van der Waals surface area contributed by atoms with Crippen LogP contribution >= 0.6 is 0 Å². The molecule has 1 saturated carbocycles. The first-order valence-electron chi connectivity index (χ1n) is 5.60. The highest BCUT2D eigenvalue weighted by Gasteiger charge is 2.36. The highest BCUT2D eigenvalue weighted by molar-refractivity contribution is 5.71. The standard InChI is InChI=1S/C13H17NO2/c1-9-4-3-5-11(6-9)14(2)12-7-10(8-12)13(15)16/h3-6,10,12H,7-8H2,1-2H3,(H,15,16). The van der Waals surface area contributed by atoms with E-state index in [4.69, 9.17) is 5.11 Å². The van der Waals surface area contributed by atoms with Crippen molar-refractivity contribution in [2.75, 3.05) is 11.9 Å². The molecule has 1 aliphatic carbocycles. The average Bonchev–Trinajstić information content (AvgIpc) is 2.14. The number of nitrogens with zero attached hydrogens (tertiary/aromatic N) is 1. The number of hydrogen-bond acceptors (Lipinski definition) is 2. The van der Waals surface area contributed by atoms with Crippen LogP contribution in [0.25, 0.3) is 0 Å². The molecule has 0 heterocycles. The minimum absolute atomic E-state index is 0.141. The molecule has 0 aliphatic heterocycles. The molecule has 0 spiro atoms. The minimum Gasteiger partial charge on any atom is -0.481 e. The SMILES string of the molecule is Cc1cccc(N(C)C2CC(C(=O)O)C2)c1. The van der Waals surface area contributed by atoms with Gasteiger partial charge in [-0.05, 0) is 37.5 Å². The summed E-state index contributed by atoms with van der Waals surface area (Å²) < 4.78 is 0. The van der Waals surface area contributed by atoms with Gasteiger partial charge < -0.3 is 10.0 Å². The smallest absolute Gasteiger partial charge is 0.306 e. The minimum atomic E-state index is -0.658. The second-order valence-electron chi connectivity index (χ2n) is 4.61. The van der Waals surface area contributed by atoms with E-state index in [0.29, 0.717) is 6.04 Å². The normalized spacial score (nSPS) is 23.6. The van der Waals surface area contributed by atoms with E-state index in [2.05, 4.69) is 30.0 Å². The van der Waals surface area contributed by atoms with Crippen molar-refractivity contribution < 1.29 is 9.90 Å². The summed E-state index contributed by atoms with van der Waals surface area (Å²) in [5.41, 5.74) is 2.41. The van der Waals surface area contributed by atoms with Gasteiger partial charge in [0.15, 0.2) is 0 Å². The molecule has 1 N–H and O–H groups in total. The monoisotopic (exact) mass is 219 g/mol. The molecule has 0 bridgehead atoms. The first-order chi connectivity index (χ1) is 7.58. The summed E-state index contributed by atoms with van der Waals surface area (Å²) in [5.74, 6) is -0.800. The van der Waals surface area contributed by atoms with Gasteiger partial charge in [0.05, 0.1) is 5.92 Å². The van der Waals surface area contributed by atoms with Gasteiger partial charge in [0.25, 0.3) is 0 Å². The summed E-state index contributed by atoms with van der Waals surface area (Å²) in [6, 6.07) is 8.69. The van der Waals surface area contributed by atoms with Crippen LogP contribution in [0.3, 0.4) is 0 Å². The highest BCUT2D eigenvalue weighted by Crippen LogP contribution is 2.33. The number of benzene rings is 1. The number of hydrogen-bond donors (Lipinski definition) is 1. The second kappa shape index (κ2) is 4.16. The molecule has 3 nitrogen and oxygen atoms in total. The molecule has 1 aromatic carbocycles. The van der Waals surface area contributed by atoms with Crippen LogP contribution in [0.2, 0.25) is 0 Å². The molecule has 1 aromatic rings. The molecule has 0 amide bonds. The number of carboxylic acid groups (broad SMARTS) is 1. The van der Waals surface area contributed by atoms with Crippen molar-refractivity contribution in [3.8, 4) is 0 Å². The molecule has 1 fully saturated rings. The van der Waals surface area contributed by atoms with Crippen molar-refractivity contribution in [1.82, 2.24) is 0 Å². The highest BCUT2D eigenvalue weighted by atomic mass is 16.4. The Balaban J connectivity index is 2.00. The molecule has 0 unspecified atom stereocenters. The van der Waals surface area contributed by atoms with Crippen molar-refractivity contribution >= 4 is 11.7 Å². The third-order valence-corrected chi connectivity index (χ3v) is 3.42. The molecule has 0 saturated heterocycles. The number of aliphatic carboxylic acids is 1. The summed E-state index contributed by atoms with van der Waals surface area (Å²) in [5, 5.41) is 8.83. The third kappa shape index (κ3) is 2.03. The summed E-state index contributed by atoms with van der Waals surface area (Å²) in [6.45, 7) is 2.07. The lowest BCUT2D eigenvalue weighted by atomic mass is 9.79. The van der Waals surface area contributed by atoms with Gasteiger partial charge in [-0.2, -0.15) is 0 Å². The van der Waals surface area contributed by atoms with Gasteiger partial charge in [-0.1, -0.05) is 12.1 Å². The Morgan fingerprint density at radius 2 is 2.12 bits per heavy atom. The predicted molar refractivity (Wildman–Crippen MR) is 63.7 cm³/mol. The molecule has 1 aliphatic rings. The average molecular weight is 219 g/mol. The zero-order valence-electron chi connectivity index (χ0n) is 9.68. The van der Waals surface area contributed by atoms with Crippen LogP contribution in [0.5, 0.6) is 0 Å². The van der Waals surface area contributed by atoms with E-state index in [1.54, 1.807) is 0 Å². The van der Waals surface area contributed by atoms with Crippen molar-refractivity contribution in [2.24, 2.45) is 5.92 Å². The quantitative estimate of drug-likeness (QED) is 0.848. The molecule has 0 atom stereocenters. The van der Waals surface area contributed by atoms with E-state index in [-0.39, 0.29) is 5.92 Å². The number of carbonyl (C=O) groups is 1. The number of aryl methyl sites for hydroxylation is 1. The molecular formula is C13H17NO2. The van der Waals surface area contributed by atoms with Gasteiger partial charge in [0, 0.05) is 18.8 Å². The lowest BCUT2D eigenvalue weighted by Gasteiger charge is -2.40. The third-order valence-electron chi connectivity index (χ3n) is 3.42. The Bertz CT molecular complexity index is 397. The van der Waals surface area contributed by atoms with Crippen molar-refractivity contribution in [2.45, 2.75) is 25.8 Å². The summed E-state index contributed by atoms with van der Waals surface area (Å²) >= 11 is 0. The van der Waals surface area contributed by atoms with E-state index >= 15 is 0 Å². The van der Waals surface area contributed by atoms with E-state index in [1.165, 1.54) is 11.3 Å². The summed E-state index contributed by atoms with van der Waals surface area (Å²) in [4.78, 5) is 12.9. The fourth-order valence-electron chi connectivity index (χ4n) is 2.16. The first kappa shape index (κ1) is 11.0. The molecule has 3 heteroatoms. The molecule has 16 heavy (non-hydrogen) atoms. The Kier molecular flexibility index (Phi) is 2.86. The Hall–Kier alpha value is -1.51. The Labute approximate surface area is 95.7 Å². The lowest BCUT2D eigenvalue weighted by Crippen LogP contribution is -2.45. The molecule has 86 valence electrons. The largest absolute Gasteiger partial charge is 0.481 e. The summed E-state index contributed by atoms with van der Waals surface area (Å²) in [6.07, 6.45) is 1.53. The topological polar surface area (TPSA) is 40.5 Å². The van der Waals surface area contributed by atoms with Gasteiger partial charge in [0.2, 0.25) is 0 Å². The van der Waals surface area contributed by atoms with Crippen molar-refractivity contribution in [3.63, 3.8) is 0 Å². The first-order valence-corrected chi connectivity index (χ1v) is 5.60. The van der Waals surface area contributed by atoms with E-state index in [0.717, 1.165) is 12.8 Å². The van der Waals surface area contributed by atoms with E-state index in [9.17, 15) is 4.79 Å². The molecule has 2 rings (SSSR count). The Morgan fingerprint density at radius 1 is 1.44 bits per heavy atom. The maximum atomic E-state index is 10.7. The van der Waals surface area contributed by atoms with Gasteiger partial charge in [0.1, 0.15) is 0 Å². The van der Waals surface area contributed by atoms with Crippen LogP contribution in [0.4, 0.5) is 5.69 Å².